The summed E-state index contributed by atoms with van der Waals surface area (Å²) in [7, 11) is 0. The van der Waals surface area contributed by atoms with Crippen molar-refractivity contribution in [3.8, 4) is 0 Å². The van der Waals surface area contributed by atoms with Gasteiger partial charge in [-0.15, -0.1) is 0 Å². The first-order valence-electron chi connectivity index (χ1n) is 5.29. The summed E-state index contributed by atoms with van der Waals surface area (Å²) >= 11 is 0. The van der Waals surface area contributed by atoms with Crippen molar-refractivity contribution in [1.82, 2.24) is 5.06 Å². The summed E-state index contributed by atoms with van der Waals surface area (Å²) in [4.78, 5) is 0. The van der Waals surface area contributed by atoms with Gasteiger partial charge in [-0.3, -0.25) is 0 Å². The van der Waals surface area contributed by atoms with Crippen LogP contribution in [0.15, 0.2) is 0 Å². The molecule has 0 aromatic carbocycles. The van der Waals surface area contributed by atoms with E-state index in [4.69, 9.17) is 0 Å². The van der Waals surface area contributed by atoms with Crippen molar-refractivity contribution < 1.29 is 5.21 Å². The molecule has 0 fully saturated rings. The molecule has 1 unspecified atom stereocenters. The maximum atomic E-state index is 9.83. The van der Waals surface area contributed by atoms with Gasteiger partial charge in [0.1, 0.15) is 0 Å². The van der Waals surface area contributed by atoms with Crippen molar-refractivity contribution in [3.63, 3.8) is 0 Å². The van der Waals surface area contributed by atoms with Crippen molar-refractivity contribution >= 4 is 0 Å². The zero-order chi connectivity index (χ0) is 10.6. The molecule has 0 heterocycles. The van der Waals surface area contributed by atoms with Crippen LogP contribution in [0.25, 0.3) is 0 Å². The summed E-state index contributed by atoms with van der Waals surface area (Å²) < 4.78 is 0. The number of hydroxylamine groups is 2. The van der Waals surface area contributed by atoms with Gasteiger partial charge in [-0.25, -0.2) is 0 Å². The second-order valence-corrected chi connectivity index (χ2v) is 4.97. The van der Waals surface area contributed by atoms with Crippen molar-refractivity contribution in [1.29, 1.82) is 0 Å². The van der Waals surface area contributed by atoms with E-state index in [0.717, 1.165) is 6.42 Å². The minimum absolute atomic E-state index is 0.108. The Kier molecular flexibility index (Phi) is 4.93. The highest BCUT2D eigenvalue weighted by molar-refractivity contribution is 4.79. The molecule has 1 atom stereocenters. The molecular weight excluding hydrogens is 162 g/mol. The van der Waals surface area contributed by atoms with Crippen LogP contribution < -0.4 is 0 Å². The number of rotatable bonds is 5. The lowest BCUT2D eigenvalue weighted by atomic mass is 9.89. The molecule has 0 aliphatic rings. The van der Waals surface area contributed by atoms with Crippen molar-refractivity contribution in [3.05, 3.63) is 0 Å². The van der Waals surface area contributed by atoms with Crippen LogP contribution >= 0.6 is 0 Å². The Morgan fingerprint density at radius 2 is 1.69 bits per heavy atom. The van der Waals surface area contributed by atoms with Crippen LogP contribution in [-0.4, -0.2) is 21.9 Å². The van der Waals surface area contributed by atoms with Crippen molar-refractivity contribution in [2.24, 2.45) is 5.92 Å². The summed E-state index contributed by atoms with van der Waals surface area (Å²) in [6.45, 7) is 12.6. The van der Waals surface area contributed by atoms with Gasteiger partial charge in [-0.1, -0.05) is 20.3 Å². The van der Waals surface area contributed by atoms with E-state index in [2.05, 4.69) is 27.7 Å². The molecule has 0 saturated heterocycles. The molecule has 0 amide bonds. The Morgan fingerprint density at radius 1 is 1.23 bits per heavy atom. The van der Waals surface area contributed by atoms with E-state index < -0.39 is 0 Å². The molecule has 80 valence electrons. The van der Waals surface area contributed by atoms with Crippen LogP contribution in [0.2, 0.25) is 0 Å². The molecule has 0 aromatic rings. The molecule has 1 N–H and O–H groups in total. The minimum atomic E-state index is -0.108. The third-order valence-electron chi connectivity index (χ3n) is 2.65. The molecule has 13 heavy (non-hydrogen) atoms. The first-order valence-corrected chi connectivity index (χ1v) is 5.29. The van der Waals surface area contributed by atoms with E-state index in [0.29, 0.717) is 5.92 Å². The molecule has 0 spiro atoms. The molecule has 2 nitrogen and oxygen atoms in total. The topological polar surface area (TPSA) is 23.5 Å². The number of nitrogens with zero attached hydrogens (tertiary/aromatic N) is 1. The molecule has 0 bridgehead atoms. The fourth-order valence-corrected chi connectivity index (χ4v) is 1.79. The Hall–Kier alpha value is -0.0800. The van der Waals surface area contributed by atoms with Gasteiger partial charge in [0.05, 0.1) is 0 Å². The predicted octanol–water partition coefficient (Wildman–Crippen LogP) is 3.30. The second kappa shape index (κ2) is 4.97. The average molecular weight is 187 g/mol. The highest BCUT2D eigenvalue weighted by Gasteiger charge is 2.28. The SMILES string of the molecule is CCC(C)CC(C)(C)N(O)C(C)C. The van der Waals surface area contributed by atoms with E-state index in [1.807, 2.05) is 13.8 Å². The van der Waals surface area contributed by atoms with Gasteiger partial charge in [-0.05, 0) is 40.0 Å². The maximum absolute atomic E-state index is 9.83. The van der Waals surface area contributed by atoms with Crippen molar-refractivity contribution in [2.45, 2.75) is 66.0 Å². The average Bonchev–Trinajstić information content (AvgIpc) is 2.01. The van der Waals surface area contributed by atoms with Crippen LogP contribution in [0.3, 0.4) is 0 Å². The minimum Gasteiger partial charge on any atom is -0.313 e. The summed E-state index contributed by atoms with van der Waals surface area (Å²) in [5, 5.41) is 11.3. The molecule has 0 rings (SSSR count). The third-order valence-corrected chi connectivity index (χ3v) is 2.65. The smallest absolute Gasteiger partial charge is 0.0409 e. The molecule has 0 radical (unpaired) electrons. The van der Waals surface area contributed by atoms with Crippen LogP contribution in [0.4, 0.5) is 0 Å². The molecule has 0 aliphatic carbocycles. The van der Waals surface area contributed by atoms with Gasteiger partial charge >= 0.3 is 0 Å². The number of hydrogen-bond donors (Lipinski definition) is 1. The fourth-order valence-electron chi connectivity index (χ4n) is 1.79. The van der Waals surface area contributed by atoms with E-state index in [-0.39, 0.29) is 11.6 Å². The van der Waals surface area contributed by atoms with Crippen LogP contribution in [0.5, 0.6) is 0 Å². The van der Waals surface area contributed by atoms with Gasteiger partial charge in [0.15, 0.2) is 0 Å². The van der Waals surface area contributed by atoms with Gasteiger partial charge in [0, 0.05) is 11.6 Å². The van der Waals surface area contributed by atoms with Gasteiger partial charge in [-0.2, -0.15) is 5.06 Å². The monoisotopic (exact) mass is 187 g/mol. The first kappa shape index (κ1) is 12.9. The Morgan fingerprint density at radius 3 is 2.00 bits per heavy atom. The van der Waals surface area contributed by atoms with Crippen molar-refractivity contribution in [2.75, 3.05) is 0 Å². The summed E-state index contributed by atoms with van der Waals surface area (Å²) in [5.41, 5.74) is -0.108. The highest BCUT2D eigenvalue weighted by Crippen LogP contribution is 2.25. The molecule has 0 aliphatic heterocycles. The van der Waals surface area contributed by atoms with Crippen LogP contribution in [0.1, 0.15) is 54.4 Å². The Labute approximate surface area is 82.9 Å². The lowest BCUT2D eigenvalue weighted by Gasteiger charge is -2.38. The second-order valence-electron chi connectivity index (χ2n) is 4.97. The molecule has 2 heteroatoms. The molecule has 0 aromatic heterocycles. The van der Waals surface area contributed by atoms with Gasteiger partial charge < -0.3 is 5.21 Å². The Bertz CT molecular complexity index is 143. The standard InChI is InChI=1S/C11H25NO/c1-7-10(4)8-11(5,6)12(13)9(2)3/h9-10,13H,7-8H2,1-6H3. The van der Waals surface area contributed by atoms with Crippen LogP contribution in [0, 0.1) is 5.92 Å². The summed E-state index contributed by atoms with van der Waals surface area (Å²) in [6.07, 6.45) is 2.22. The lowest BCUT2D eigenvalue weighted by molar-refractivity contribution is -0.189. The third kappa shape index (κ3) is 4.10. The largest absolute Gasteiger partial charge is 0.313 e. The Balaban J connectivity index is 4.21. The molecular formula is C11H25NO. The van der Waals surface area contributed by atoms with Crippen LogP contribution in [-0.2, 0) is 0 Å². The number of hydrogen-bond acceptors (Lipinski definition) is 2. The van der Waals surface area contributed by atoms with E-state index in [1.165, 1.54) is 11.5 Å². The van der Waals surface area contributed by atoms with Gasteiger partial charge in [0.2, 0.25) is 0 Å². The fraction of sp³-hybridized carbons (Fsp3) is 1.00. The van der Waals surface area contributed by atoms with E-state index >= 15 is 0 Å². The highest BCUT2D eigenvalue weighted by atomic mass is 16.5. The zero-order valence-corrected chi connectivity index (χ0v) is 9.96. The first-order chi connectivity index (χ1) is 5.81. The van der Waals surface area contributed by atoms with Gasteiger partial charge in [0.25, 0.3) is 0 Å². The molecule has 0 saturated carbocycles. The zero-order valence-electron chi connectivity index (χ0n) is 9.96. The normalized spacial score (nSPS) is 15.5. The van der Waals surface area contributed by atoms with E-state index in [9.17, 15) is 5.21 Å². The summed E-state index contributed by atoms with van der Waals surface area (Å²) in [5.74, 6) is 0.670. The maximum Gasteiger partial charge on any atom is 0.0409 e. The van der Waals surface area contributed by atoms with E-state index in [1.54, 1.807) is 0 Å². The quantitative estimate of drug-likeness (QED) is 0.667. The summed E-state index contributed by atoms with van der Waals surface area (Å²) in [6, 6.07) is 0.194. The predicted molar refractivity (Wildman–Crippen MR) is 56.9 cm³/mol. The lowest BCUT2D eigenvalue weighted by Crippen LogP contribution is -2.46.